The average molecular weight is 338 g/mol. The van der Waals surface area contributed by atoms with Gasteiger partial charge in [-0.3, -0.25) is 4.79 Å². The highest BCUT2D eigenvalue weighted by molar-refractivity contribution is 5.77. The molecule has 0 atom stereocenters. The second-order valence-corrected chi connectivity index (χ2v) is 6.73. The number of amides is 1. The van der Waals surface area contributed by atoms with E-state index < -0.39 is 0 Å². The molecule has 0 spiro atoms. The largest absolute Gasteiger partial charge is 0.362 e. The van der Waals surface area contributed by atoms with Crippen LogP contribution in [0.25, 0.3) is 11.4 Å². The van der Waals surface area contributed by atoms with Crippen LogP contribution in [0.5, 0.6) is 0 Å². The van der Waals surface area contributed by atoms with E-state index in [0.29, 0.717) is 13.0 Å². The Labute approximate surface area is 149 Å². The van der Waals surface area contributed by atoms with Crippen LogP contribution in [0.1, 0.15) is 37.4 Å². The Morgan fingerprint density at radius 3 is 2.64 bits per heavy atom. The molecule has 1 aromatic carbocycles. The molecular weight excluding hydrogens is 312 g/mol. The highest BCUT2D eigenvalue weighted by Crippen LogP contribution is 2.29. The van der Waals surface area contributed by atoms with Gasteiger partial charge in [0.2, 0.25) is 5.91 Å². The van der Waals surface area contributed by atoms with Crippen LogP contribution in [0.3, 0.4) is 0 Å². The summed E-state index contributed by atoms with van der Waals surface area (Å²) in [6, 6.07) is 10.1. The van der Waals surface area contributed by atoms with Gasteiger partial charge in [-0.2, -0.15) is 0 Å². The van der Waals surface area contributed by atoms with E-state index in [1.807, 2.05) is 54.2 Å². The maximum atomic E-state index is 12.4. The molecule has 1 amide bonds. The van der Waals surface area contributed by atoms with Gasteiger partial charge in [0.15, 0.2) is 5.82 Å². The number of nitrogens with zero attached hydrogens (tertiary/aromatic N) is 4. The number of unbranched alkanes of at least 4 members (excludes halogenated alkanes) is 1. The lowest BCUT2D eigenvalue weighted by atomic mass is 10.0. The van der Waals surface area contributed by atoms with Crippen molar-refractivity contribution in [1.29, 1.82) is 0 Å². The standard InChI is InChI=1S/C20H26N4O/c1-4-5-11-18(25)24-13-12-17-16(14-24)20(23(2)3)22-19(21-17)15-9-7-6-8-10-15/h6-10H,4-5,11-14H2,1-3H3. The van der Waals surface area contributed by atoms with E-state index in [1.54, 1.807) is 0 Å². The smallest absolute Gasteiger partial charge is 0.222 e. The summed E-state index contributed by atoms with van der Waals surface area (Å²) in [4.78, 5) is 26.0. The van der Waals surface area contributed by atoms with Gasteiger partial charge in [-0.25, -0.2) is 9.97 Å². The van der Waals surface area contributed by atoms with E-state index in [0.717, 1.165) is 54.3 Å². The molecule has 3 rings (SSSR count). The van der Waals surface area contributed by atoms with Crippen molar-refractivity contribution in [3.63, 3.8) is 0 Å². The van der Waals surface area contributed by atoms with Crippen LogP contribution in [-0.2, 0) is 17.8 Å². The van der Waals surface area contributed by atoms with Gasteiger partial charge in [-0.05, 0) is 6.42 Å². The second kappa shape index (κ2) is 7.64. The molecule has 0 saturated heterocycles. The first-order chi connectivity index (χ1) is 12.1. The van der Waals surface area contributed by atoms with E-state index in [9.17, 15) is 4.79 Å². The maximum Gasteiger partial charge on any atom is 0.222 e. The summed E-state index contributed by atoms with van der Waals surface area (Å²) >= 11 is 0. The van der Waals surface area contributed by atoms with Crippen LogP contribution < -0.4 is 4.90 Å². The maximum absolute atomic E-state index is 12.4. The van der Waals surface area contributed by atoms with Gasteiger partial charge in [0, 0.05) is 44.6 Å². The van der Waals surface area contributed by atoms with Gasteiger partial charge in [0.25, 0.3) is 0 Å². The number of hydrogen-bond donors (Lipinski definition) is 0. The Morgan fingerprint density at radius 2 is 1.96 bits per heavy atom. The first-order valence-corrected chi connectivity index (χ1v) is 9.00. The van der Waals surface area contributed by atoms with Crippen LogP contribution in [0.2, 0.25) is 0 Å². The minimum atomic E-state index is 0.240. The fraction of sp³-hybridized carbons (Fsp3) is 0.450. The van der Waals surface area contributed by atoms with Crippen LogP contribution in [0.4, 0.5) is 5.82 Å². The molecule has 2 aromatic rings. The van der Waals surface area contributed by atoms with Crippen LogP contribution in [0.15, 0.2) is 30.3 Å². The molecule has 0 radical (unpaired) electrons. The third kappa shape index (κ3) is 3.81. The summed E-state index contributed by atoms with van der Waals surface area (Å²) in [6.45, 7) is 3.47. The summed E-state index contributed by atoms with van der Waals surface area (Å²) in [5.41, 5.74) is 3.17. The minimum absolute atomic E-state index is 0.240. The first-order valence-electron chi connectivity index (χ1n) is 9.00. The Bertz CT molecular complexity index is 743. The Hall–Kier alpha value is -2.43. The monoisotopic (exact) mass is 338 g/mol. The number of hydrogen-bond acceptors (Lipinski definition) is 4. The molecule has 2 heterocycles. The summed E-state index contributed by atoms with van der Waals surface area (Å²) < 4.78 is 0. The van der Waals surface area contributed by atoms with Crippen molar-refractivity contribution in [3.8, 4) is 11.4 Å². The van der Waals surface area contributed by atoms with Crippen molar-refractivity contribution in [2.24, 2.45) is 0 Å². The van der Waals surface area contributed by atoms with Crippen molar-refractivity contribution < 1.29 is 4.79 Å². The molecule has 0 aliphatic carbocycles. The predicted octanol–water partition coefficient (Wildman–Crippen LogP) is 3.28. The predicted molar refractivity (Wildman–Crippen MR) is 100 cm³/mol. The molecule has 1 aliphatic rings. The van der Waals surface area contributed by atoms with Crippen molar-refractivity contribution >= 4 is 11.7 Å². The lowest BCUT2D eigenvalue weighted by Gasteiger charge is -2.31. The SMILES string of the molecule is CCCCC(=O)N1CCc2nc(-c3ccccc3)nc(N(C)C)c2C1. The Balaban J connectivity index is 1.93. The highest BCUT2D eigenvalue weighted by atomic mass is 16.2. The second-order valence-electron chi connectivity index (χ2n) is 6.73. The topological polar surface area (TPSA) is 49.3 Å². The number of fused-ring (bicyclic) bond motifs is 1. The lowest BCUT2D eigenvalue weighted by molar-refractivity contribution is -0.132. The van der Waals surface area contributed by atoms with E-state index in [4.69, 9.17) is 9.97 Å². The third-order valence-corrected chi connectivity index (χ3v) is 4.59. The molecule has 25 heavy (non-hydrogen) atoms. The van der Waals surface area contributed by atoms with Gasteiger partial charge in [0.1, 0.15) is 5.82 Å². The number of carbonyl (C=O) groups is 1. The first kappa shape index (κ1) is 17.4. The van der Waals surface area contributed by atoms with Gasteiger partial charge in [0.05, 0.1) is 12.2 Å². The molecule has 0 saturated carbocycles. The quantitative estimate of drug-likeness (QED) is 0.839. The van der Waals surface area contributed by atoms with E-state index >= 15 is 0 Å². The fourth-order valence-electron chi connectivity index (χ4n) is 3.18. The Kier molecular flexibility index (Phi) is 5.31. The summed E-state index contributed by atoms with van der Waals surface area (Å²) in [7, 11) is 3.99. The van der Waals surface area contributed by atoms with Gasteiger partial charge in [-0.1, -0.05) is 43.7 Å². The lowest BCUT2D eigenvalue weighted by Crippen LogP contribution is -2.37. The third-order valence-electron chi connectivity index (χ3n) is 4.59. The normalized spacial score (nSPS) is 13.5. The van der Waals surface area contributed by atoms with Crippen LogP contribution in [0, 0.1) is 0 Å². The number of carbonyl (C=O) groups excluding carboxylic acids is 1. The molecule has 0 N–H and O–H groups in total. The van der Waals surface area contributed by atoms with Gasteiger partial charge >= 0.3 is 0 Å². The summed E-state index contributed by atoms with van der Waals surface area (Å²) in [6.07, 6.45) is 3.41. The molecule has 132 valence electrons. The van der Waals surface area contributed by atoms with Crippen molar-refractivity contribution in [1.82, 2.24) is 14.9 Å². The average Bonchev–Trinajstić information content (AvgIpc) is 2.65. The Morgan fingerprint density at radius 1 is 1.20 bits per heavy atom. The molecule has 0 fully saturated rings. The number of rotatable bonds is 5. The fourth-order valence-corrected chi connectivity index (χ4v) is 3.18. The van der Waals surface area contributed by atoms with Gasteiger partial charge in [-0.15, -0.1) is 0 Å². The van der Waals surface area contributed by atoms with E-state index in [2.05, 4.69) is 6.92 Å². The minimum Gasteiger partial charge on any atom is -0.362 e. The van der Waals surface area contributed by atoms with Crippen molar-refractivity contribution in [2.75, 3.05) is 25.5 Å². The van der Waals surface area contributed by atoms with Crippen molar-refractivity contribution in [2.45, 2.75) is 39.2 Å². The molecule has 1 aromatic heterocycles. The van der Waals surface area contributed by atoms with E-state index in [1.165, 1.54) is 0 Å². The zero-order chi connectivity index (χ0) is 17.8. The summed E-state index contributed by atoms with van der Waals surface area (Å²) in [5, 5.41) is 0. The zero-order valence-corrected chi connectivity index (χ0v) is 15.3. The number of benzene rings is 1. The molecule has 0 unspecified atom stereocenters. The molecule has 5 heteroatoms. The molecular formula is C20H26N4O. The molecule has 0 bridgehead atoms. The summed E-state index contributed by atoms with van der Waals surface area (Å²) in [5.74, 6) is 1.91. The zero-order valence-electron chi connectivity index (χ0n) is 15.3. The van der Waals surface area contributed by atoms with E-state index in [-0.39, 0.29) is 5.91 Å². The van der Waals surface area contributed by atoms with Crippen molar-refractivity contribution in [3.05, 3.63) is 41.6 Å². The van der Waals surface area contributed by atoms with Gasteiger partial charge < -0.3 is 9.80 Å². The number of anilines is 1. The van der Waals surface area contributed by atoms with Crippen LogP contribution >= 0.6 is 0 Å². The van der Waals surface area contributed by atoms with Crippen LogP contribution in [-0.4, -0.2) is 41.4 Å². The number of aromatic nitrogens is 2. The molecule has 1 aliphatic heterocycles. The molecule has 5 nitrogen and oxygen atoms in total. The highest BCUT2D eigenvalue weighted by Gasteiger charge is 2.26.